The SMILES string of the molecule is CC[C@H](CO)NCc1cccc(CN[C@H](CC)CO)n1. The molecule has 0 aliphatic carbocycles. The lowest BCUT2D eigenvalue weighted by atomic mass is 10.2. The van der Waals surface area contributed by atoms with Crippen molar-refractivity contribution in [2.45, 2.75) is 51.9 Å². The van der Waals surface area contributed by atoms with Crippen LogP contribution in [0, 0.1) is 0 Å². The standard InChI is InChI=1S/C15H27N3O2/c1-3-12(10-19)16-8-14-6-5-7-15(18-14)9-17-13(4-2)11-20/h5-7,12-13,16-17,19-20H,3-4,8-11H2,1-2H3/t12-,13-/m1/s1. The number of aromatic nitrogens is 1. The molecule has 1 rings (SSSR count). The van der Waals surface area contributed by atoms with Crippen molar-refractivity contribution >= 4 is 0 Å². The minimum atomic E-state index is 0.123. The Morgan fingerprint density at radius 1 is 0.950 bits per heavy atom. The van der Waals surface area contributed by atoms with Crippen LogP contribution in [0.4, 0.5) is 0 Å². The average Bonchev–Trinajstić information content (AvgIpc) is 2.50. The highest BCUT2D eigenvalue weighted by Crippen LogP contribution is 2.02. The van der Waals surface area contributed by atoms with Crippen LogP contribution in [0.25, 0.3) is 0 Å². The van der Waals surface area contributed by atoms with E-state index in [-0.39, 0.29) is 25.3 Å². The molecular weight excluding hydrogens is 254 g/mol. The predicted octanol–water partition coefficient (Wildman–Crippen LogP) is 0.803. The van der Waals surface area contributed by atoms with Crippen molar-refractivity contribution < 1.29 is 10.2 Å². The van der Waals surface area contributed by atoms with Crippen LogP contribution < -0.4 is 10.6 Å². The van der Waals surface area contributed by atoms with Crippen molar-refractivity contribution in [2.24, 2.45) is 0 Å². The normalized spacial score (nSPS) is 14.2. The maximum Gasteiger partial charge on any atom is 0.0584 e. The van der Waals surface area contributed by atoms with Crippen LogP contribution in [0.15, 0.2) is 18.2 Å². The Morgan fingerprint density at radius 2 is 1.40 bits per heavy atom. The Bertz CT molecular complexity index is 335. The molecule has 2 atom stereocenters. The summed E-state index contributed by atoms with van der Waals surface area (Å²) in [6.45, 7) is 5.69. The fourth-order valence-corrected chi connectivity index (χ4v) is 1.90. The number of pyridine rings is 1. The lowest BCUT2D eigenvalue weighted by molar-refractivity contribution is 0.237. The fourth-order valence-electron chi connectivity index (χ4n) is 1.90. The highest BCUT2D eigenvalue weighted by molar-refractivity contribution is 5.11. The number of hydrogen-bond acceptors (Lipinski definition) is 5. The minimum absolute atomic E-state index is 0.123. The number of rotatable bonds is 10. The first-order valence-electron chi connectivity index (χ1n) is 7.36. The van der Waals surface area contributed by atoms with Gasteiger partial charge in [0.1, 0.15) is 0 Å². The quantitative estimate of drug-likeness (QED) is 0.510. The number of nitrogens with zero attached hydrogens (tertiary/aromatic N) is 1. The molecule has 1 aromatic rings. The molecule has 0 spiro atoms. The van der Waals surface area contributed by atoms with Crippen molar-refractivity contribution in [1.29, 1.82) is 0 Å². The van der Waals surface area contributed by atoms with Gasteiger partial charge in [0.05, 0.1) is 24.6 Å². The second-order valence-electron chi connectivity index (χ2n) is 4.96. The molecule has 0 aliphatic heterocycles. The van der Waals surface area contributed by atoms with Gasteiger partial charge in [-0.1, -0.05) is 19.9 Å². The van der Waals surface area contributed by atoms with Gasteiger partial charge in [0, 0.05) is 25.2 Å². The third kappa shape index (κ3) is 5.96. The molecule has 0 aliphatic rings. The van der Waals surface area contributed by atoms with Crippen LogP contribution in [0.5, 0.6) is 0 Å². The summed E-state index contributed by atoms with van der Waals surface area (Å²) in [5.74, 6) is 0. The van der Waals surface area contributed by atoms with E-state index in [1.54, 1.807) is 0 Å². The van der Waals surface area contributed by atoms with Gasteiger partial charge in [-0.25, -0.2) is 0 Å². The molecular formula is C15H27N3O2. The fraction of sp³-hybridized carbons (Fsp3) is 0.667. The van der Waals surface area contributed by atoms with Gasteiger partial charge >= 0.3 is 0 Å². The molecule has 0 saturated carbocycles. The van der Waals surface area contributed by atoms with Crippen molar-refractivity contribution in [2.75, 3.05) is 13.2 Å². The molecule has 5 heteroatoms. The van der Waals surface area contributed by atoms with Gasteiger partial charge in [-0.15, -0.1) is 0 Å². The molecule has 5 nitrogen and oxygen atoms in total. The molecule has 0 saturated heterocycles. The Hall–Kier alpha value is -1.01. The topological polar surface area (TPSA) is 77.4 Å². The third-order valence-corrected chi connectivity index (χ3v) is 3.43. The first kappa shape index (κ1) is 17.0. The molecule has 0 fully saturated rings. The van der Waals surface area contributed by atoms with E-state index in [1.807, 2.05) is 32.0 Å². The van der Waals surface area contributed by atoms with Crippen molar-refractivity contribution in [3.63, 3.8) is 0 Å². The van der Waals surface area contributed by atoms with Gasteiger partial charge in [0.15, 0.2) is 0 Å². The molecule has 1 heterocycles. The van der Waals surface area contributed by atoms with E-state index in [1.165, 1.54) is 0 Å². The summed E-state index contributed by atoms with van der Waals surface area (Å²) in [6.07, 6.45) is 1.79. The van der Waals surface area contributed by atoms with Crippen molar-refractivity contribution in [3.8, 4) is 0 Å². The Labute approximate surface area is 121 Å². The smallest absolute Gasteiger partial charge is 0.0584 e. The van der Waals surface area contributed by atoms with E-state index >= 15 is 0 Å². The molecule has 0 radical (unpaired) electrons. The van der Waals surface area contributed by atoms with Gasteiger partial charge in [-0.2, -0.15) is 0 Å². The second kappa shape index (κ2) is 9.83. The number of hydrogen-bond donors (Lipinski definition) is 4. The average molecular weight is 281 g/mol. The van der Waals surface area contributed by atoms with E-state index in [9.17, 15) is 0 Å². The molecule has 1 aromatic heterocycles. The highest BCUT2D eigenvalue weighted by Gasteiger charge is 2.06. The highest BCUT2D eigenvalue weighted by atomic mass is 16.3. The lowest BCUT2D eigenvalue weighted by Gasteiger charge is -2.15. The molecule has 114 valence electrons. The summed E-state index contributed by atoms with van der Waals surface area (Å²) in [7, 11) is 0. The van der Waals surface area contributed by atoms with E-state index in [0.717, 1.165) is 24.2 Å². The monoisotopic (exact) mass is 281 g/mol. The summed E-state index contributed by atoms with van der Waals surface area (Å²) < 4.78 is 0. The number of aliphatic hydroxyl groups excluding tert-OH is 2. The molecule has 0 amide bonds. The van der Waals surface area contributed by atoms with Crippen molar-refractivity contribution in [3.05, 3.63) is 29.6 Å². The molecule has 20 heavy (non-hydrogen) atoms. The number of aliphatic hydroxyl groups is 2. The van der Waals surface area contributed by atoms with Gasteiger partial charge in [-0.3, -0.25) is 4.98 Å². The number of nitrogens with one attached hydrogen (secondary N) is 2. The van der Waals surface area contributed by atoms with Crippen LogP contribution in [-0.4, -0.2) is 40.5 Å². The zero-order valence-electron chi connectivity index (χ0n) is 12.5. The molecule has 4 N–H and O–H groups in total. The Morgan fingerprint density at radius 3 is 1.75 bits per heavy atom. The van der Waals surface area contributed by atoms with Crippen LogP contribution in [0.2, 0.25) is 0 Å². The van der Waals surface area contributed by atoms with Crippen LogP contribution in [-0.2, 0) is 13.1 Å². The zero-order chi connectivity index (χ0) is 14.8. The molecule has 0 aromatic carbocycles. The van der Waals surface area contributed by atoms with Crippen LogP contribution in [0.3, 0.4) is 0 Å². The summed E-state index contributed by atoms with van der Waals surface area (Å²) in [4.78, 5) is 4.57. The Kier molecular flexibility index (Phi) is 8.37. The van der Waals surface area contributed by atoms with Gasteiger partial charge in [0.25, 0.3) is 0 Å². The Balaban J connectivity index is 2.48. The van der Waals surface area contributed by atoms with E-state index < -0.39 is 0 Å². The molecule has 0 unspecified atom stereocenters. The summed E-state index contributed by atoms with van der Waals surface area (Å²) >= 11 is 0. The third-order valence-electron chi connectivity index (χ3n) is 3.43. The summed E-state index contributed by atoms with van der Waals surface area (Å²) in [5, 5.41) is 24.8. The van der Waals surface area contributed by atoms with E-state index in [2.05, 4.69) is 15.6 Å². The summed E-state index contributed by atoms with van der Waals surface area (Å²) in [5.41, 5.74) is 1.93. The largest absolute Gasteiger partial charge is 0.395 e. The van der Waals surface area contributed by atoms with E-state index in [0.29, 0.717) is 13.1 Å². The maximum absolute atomic E-state index is 9.14. The van der Waals surface area contributed by atoms with Gasteiger partial charge < -0.3 is 20.8 Å². The minimum Gasteiger partial charge on any atom is -0.395 e. The zero-order valence-corrected chi connectivity index (χ0v) is 12.5. The van der Waals surface area contributed by atoms with Gasteiger partial charge in [-0.05, 0) is 25.0 Å². The van der Waals surface area contributed by atoms with Crippen molar-refractivity contribution in [1.82, 2.24) is 15.6 Å². The van der Waals surface area contributed by atoms with Gasteiger partial charge in [0.2, 0.25) is 0 Å². The van der Waals surface area contributed by atoms with Crippen LogP contribution >= 0.6 is 0 Å². The van der Waals surface area contributed by atoms with E-state index in [4.69, 9.17) is 10.2 Å². The maximum atomic E-state index is 9.14. The summed E-state index contributed by atoms with van der Waals surface area (Å²) in [6, 6.07) is 6.18. The first-order chi connectivity index (χ1) is 9.73. The predicted molar refractivity (Wildman–Crippen MR) is 80.2 cm³/mol. The molecule has 0 bridgehead atoms. The second-order valence-corrected chi connectivity index (χ2v) is 4.96. The van der Waals surface area contributed by atoms with Crippen LogP contribution in [0.1, 0.15) is 38.1 Å². The first-order valence-corrected chi connectivity index (χ1v) is 7.36. The lowest BCUT2D eigenvalue weighted by Crippen LogP contribution is -2.32.